The van der Waals surface area contributed by atoms with Crippen molar-refractivity contribution in [3.05, 3.63) is 35.9 Å². The maximum absolute atomic E-state index is 3.47. The predicted molar refractivity (Wildman–Crippen MR) is 96.9 cm³/mol. The highest BCUT2D eigenvalue weighted by Gasteiger charge is 2.15. The molecule has 0 unspecified atom stereocenters. The maximum atomic E-state index is 3.47. The van der Waals surface area contributed by atoms with Gasteiger partial charge in [-0.15, -0.1) is 0 Å². The van der Waals surface area contributed by atoms with Gasteiger partial charge in [0.1, 0.15) is 0 Å². The molecule has 2 aromatic carbocycles. The van der Waals surface area contributed by atoms with Crippen LogP contribution in [0.5, 0.6) is 0 Å². The molecule has 1 fully saturated rings. The summed E-state index contributed by atoms with van der Waals surface area (Å²) in [5, 5.41) is 6.11. The lowest BCUT2D eigenvalue weighted by molar-refractivity contribution is 0.221. The van der Waals surface area contributed by atoms with Crippen molar-refractivity contribution in [3.63, 3.8) is 0 Å². The molecule has 3 heteroatoms. The minimum absolute atomic E-state index is 1.05. The lowest BCUT2D eigenvalue weighted by Gasteiger charge is -2.28. The molecule has 0 amide bonds. The van der Waals surface area contributed by atoms with Gasteiger partial charge >= 0.3 is 0 Å². The molecule has 3 nitrogen and oxygen atoms in total. The van der Waals surface area contributed by atoms with Gasteiger partial charge in [-0.1, -0.05) is 30.7 Å². The third-order valence-electron chi connectivity index (χ3n) is 4.68. The third-order valence-corrected chi connectivity index (χ3v) is 4.68. The van der Waals surface area contributed by atoms with Gasteiger partial charge in [0.25, 0.3) is 0 Å². The van der Waals surface area contributed by atoms with E-state index in [2.05, 4.69) is 59.5 Å². The third kappa shape index (κ3) is 2.91. The average molecular weight is 297 g/mol. The summed E-state index contributed by atoms with van der Waals surface area (Å²) in [6.45, 7) is 3.51. The molecular formula is C19H27N3. The van der Waals surface area contributed by atoms with Crippen molar-refractivity contribution < 1.29 is 0 Å². The Bertz CT molecular complexity index is 642. The number of piperidine rings is 1. The van der Waals surface area contributed by atoms with Gasteiger partial charge in [-0.2, -0.15) is 0 Å². The maximum Gasteiger partial charge on any atom is 0.0484 e. The first-order chi connectivity index (χ1) is 10.7. The van der Waals surface area contributed by atoms with Crippen molar-refractivity contribution in [3.8, 4) is 0 Å². The number of hydrogen-bond donors (Lipinski definition) is 1. The zero-order chi connectivity index (χ0) is 15.5. The van der Waals surface area contributed by atoms with Crippen LogP contribution in [0.4, 0.5) is 11.4 Å². The van der Waals surface area contributed by atoms with E-state index < -0.39 is 0 Å². The first kappa shape index (κ1) is 15.2. The normalized spacial score (nSPS) is 16.0. The molecular weight excluding hydrogens is 270 g/mol. The number of likely N-dealkylation sites (tertiary alicyclic amines) is 1. The fraction of sp³-hybridized carbons (Fsp3) is 0.474. The highest BCUT2D eigenvalue weighted by Crippen LogP contribution is 2.35. The van der Waals surface area contributed by atoms with Crippen molar-refractivity contribution in [2.75, 3.05) is 44.4 Å². The standard InChI is InChI=1S/C19H27N3/c1-20-19-16(14-22-12-5-4-6-13-22)11-10-15-8-7-9-17(18(15)19)21(2)3/h7-11,20H,4-6,12-14H2,1-3H3. The Morgan fingerprint density at radius 2 is 1.82 bits per heavy atom. The van der Waals surface area contributed by atoms with Crippen LogP contribution >= 0.6 is 0 Å². The van der Waals surface area contributed by atoms with E-state index in [-0.39, 0.29) is 0 Å². The van der Waals surface area contributed by atoms with Gasteiger partial charge < -0.3 is 10.2 Å². The molecule has 1 heterocycles. The van der Waals surface area contributed by atoms with Crippen LogP contribution in [-0.2, 0) is 6.54 Å². The molecule has 0 spiro atoms. The van der Waals surface area contributed by atoms with Gasteiger partial charge in [0, 0.05) is 44.4 Å². The van der Waals surface area contributed by atoms with Crippen LogP contribution in [-0.4, -0.2) is 39.1 Å². The molecule has 2 aromatic rings. The largest absolute Gasteiger partial charge is 0.387 e. The average Bonchev–Trinajstić information content (AvgIpc) is 2.55. The molecule has 1 aliphatic rings. The molecule has 1 aliphatic heterocycles. The molecule has 22 heavy (non-hydrogen) atoms. The van der Waals surface area contributed by atoms with E-state index in [4.69, 9.17) is 0 Å². The number of anilines is 2. The summed E-state index contributed by atoms with van der Waals surface area (Å²) >= 11 is 0. The van der Waals surface area contributed by atoms with Gasteiger partial charge in [-0.25, -0.2) is 0 Å². The van der Waals surface area contributed by atoms with E-state index in [0.29, 0.717) is 0 Å². The molecule has 1 N–H and O–H groups in total. The number of nitrogens with zero attached hydrogens (tertiary/aromatic N) is 2. The number of benzene rings is 2. The summed E-state index contributed by atoms with van der Waals surface area (Å²) in [4.78, 5) is 4.79. The van der Waals surface area contributed by atoms with Crippen molar-refractivity contribution in [2.24, 2.45) is 0 Å². The Labute approximate surface area is 133 Å². The summed E-state index contributed by atoms with van der Waals surface area (Å²) in [6.07, 6.45) is 4.06. The monoisotopic (exact) mass is 297 g/mol. The number of fused-ring (bicyclic) bond motifs is 1. The Hall–Kier alpha value is -1.74. The lowest BCUT2D eigenvalue weighted by Crippen LogP contribution is -2.29. The summed E-state index contributed by atoms with van der Waals surface area (Å²) in [7, 11) is 6.28. The van der Waals surface area contributed by atoms with Gasteiger partial charge in [-0.3, -0.25) is 4.90 Å². The van der Waals surface area contributed by atoms with Gasteiger partial charge in [0.2, 0.25) is 0 Å². The number of rotatable bonds is 4. The molecule has 0 atom stereocenters. The summed E-state index contributed by atoms with van der Waals surface area (Å²) in [5.41, 5.74) is 3.97. The second kappa shape index (κ2) is 6.57. The second-order valence-electron chi connectivity index (χ2n) is 6.46. The van der Waals surface area contributed by atoms with E-state index in [1.807, 2.05) is 7.05 Å². The van der Waals surface area contributed by atoms with Gasteiger partial charge in [-0.05, 0) is 42.9 Å². The Balaban J connectivity index is 2.05. The quantitative estimate of drug-likeness (QED) is 0.922. The van der Waals surface area contributed by atoms with E-state index in [1.165, 1.54) is 60.1 Å². The minimum Gasteiger partial charge on any atom is -0.387 e. The highest BCUT2D eigenvalue weighted by atomic mass is 15.1. The SMILES string of the molecule is CNc1c(CN2CCCCC2)ccc2cccc(N(C)C)c12. The molecule has 0 radical (unpaired) electrons. The predicted octanol–water partition coefficient (Wildman–Crippen LogP) is 3.93. The molecule has 0 aliphatic carbocycles. The van der Waals surface area contributed by atoms with Crippen molar-refractivity contribution in [1.82, 2.24) is 4.90 Å². The molecule has 3 rings (SSSR count). The first-order valence-corrected chi connectivity index (χ1v) is 8.32. The number of nitrogens with one attached hydrogen (secondary N) is 1. The van der Waals surface area contributed by atoms with Crippen LogP contribution in [0.3, 0.4) is 0 Å². The van der Waals surface area contributed by atoms with Crippen LogP contribution in [0.2, 0.25) is 0 Å². The number of hydrogen-bond acceptors (Lipinski definition) is 3. The molecule has 1 saturated heterocycles. The first-order valence-electron chi connectivity index (χ1n) is 8.32. The van der Waals surface area contributed by atoms with Crippen LogP contribution in [0, 0.1) is 0 Å². The Morgan fingerprint density at radius 1 is 1.05 bits per heavy atom. The Kier molecular flexibility index (Phi) is 4.53. The minimum atomic E-state index is 1.05. The van der Waals surface area contributed by atoms with Crippen LogP contribution in [0.1, 0.15) is 24.8 Å². The van der Waals surface area contributed by atoms with E-state index in [1.54, 1.807) is 0 Å². The van der Waals surface area contributed by atoms with Crippen molar-refractivity contribution in [2.45, 2.75) is 25.8 Å². The summed E-state index contributed by atoms with van der Waals surface area (Å²) < 4.78 is 0. The van der Waals surface area contributed by atoms with Crippen molar-refractivity contribution >= 4 is 22.1 Å². The zero-order valence-corrected chi connectivity index (χ0v) is 14.0. The topological polar surface area (TPSA) is 18.5 Å². The van der Waals surface area contributed by atoms with Crippen molar-refractivity contribution in [1.29, 1.82) is 0 Å². The van der Waals surface area contributed by atoms with E-state index in [9.17, 15) is 0 Å². The lowest BCUT2D eigenvalue weighted by atomic mass is 10.0. The van der Waals surface area contributed by atoms with Crippen LogP contribution < -0.4 is 10.2 Å². The van der Waals surface area contributed by atoms with Crippen LogP contribution in [0.15, 0.2) is 30.3 Å². The molecule has 0 saturated carbocycles. The molecule has 118 valence electrons. The van der Waals surface area contributed by atoms with Gasteiger partial charge in [0.05, 0.1) is 0 Å². The fourth-order valence-electron chi connectivity index (χ4n) is 3.55. The van der Waals surface area contributed by atoms with Crippen LogP contribution in [0.25, 0.3) is 10.8 Å². The van der Waals surface area contributed by atoms with Gasteiger partial charge in [0.15, 0.2) is 0 Å². The summed E-state index contributed by atoms with van der Waals surface area (Å²) in [5.74, 6) is 0. The molecule has 0 aromatic heterocycles. The molecule has 0 bridgehead atoms. The zero-order valence-electron chi connectivity index (χ0n) is 14.0. The summed E-state index contributed by atoms with van der Waals surface area (Å²) in [6, 6.07) is 11.1. The highest BCUT2D eigenvalue weighted by molar-refractivity contribution is 6.04. The Morgan fingerprint density at radius 3 is 2.50 bits per heavy atom. The smallest absolute Gasteiger partial charge is 0.0484 e. The second-order valence-corrected chi connectivity index (χ2v) is 6.46. The van der Waals surface area contributed by atoms with E-state index >= 15 is 0 Å². The van der Waals surface area contributed by atoms with E-state index in [0.717, 1.165) is 6.54 Å². The fourth-order valence-corrected chi connectivity index (χ4v) is 3.55.